The predicted octanol–water partition coefficient (Wildman–Crippen LogP) is 3.32. The van der Waals surface area contributed by atoms with Crippen LogP contribution in [-0.2, 0) is 23.7 Å². The first-order chi connectivity index (χ1) is 14.6. The first-order valence-electron chi connectivity index (χ1n) is 11.5. The molecule has 2 saturated heterocycles. The monoisotopic (exact) mass is 450 g/mol. The molecular weight excluding hydrogens is 420 g/mol. The van der Waals surface area contributed by atoms with Crippen molar-refractivity contribution in [3.8, 4) is 0 Å². The summed E-state index contributed by atoms with van der Waals surface area (Å²) in [4.78, 5) is 11.2. The zero-order valence-electron chi connectivity index (χ0n) is 18.4. The number of rotatable bonds is 0. The molecule has 170 valence electrons. The first-order valence-corrected chi connectivity index (χ1v) is 11.8. The summed E-state index contributed by atoms with van der Waals surface area (Å²) in [6.07, 6.45) is 7.59. The van der Waals surface area contributed by atoms with Gasteiger partial charge in [0.05, 0.1) is 11.0 Å². The summed E-state index contributed by atoms with van der Waals surface area (Å²) in [5.74, 6) is -0.468. The minimum atomic E-state index is -0.942. The maximum atomic E-state index is 12.1. The van der Waals surface area contributed by atoms with Gasteiger partial charge in [-0.25, -0.2) is 0 Å². The van der Waals surface area contributed by atoms with Gasteiger partial charge in [-0.1, -0.05) is 32.4 Å². The Bertz CT molecular complexity index is 889. The molecule has 31 heavy (non-hydrogen) atoms. The Kier molecular flexibility index (Phi) is 4.18. The van der Waals surface area contributed by atoms with Crippen LogP contribution in [0.5, 0.6) is 0 Å². The molecule has 0 aromatic carbocycles. The van der Waals surface area contributed by atoms with Gasteiger partial charge in [0, 0.05) is 10.8 Å². The number of hydrogen-bond acceptors (Lipinski definition) is 6. The maximum absolute atomic E-state index is 12.1. The van der Waals surface area contributed by atoms with Gasteiger partial charge >= 0.3 is 0 Å². The average molecular weight is 451 g/mol. The molecule has 9 atom stereocenters. The number of carbonyl (C=O) groups excluding carboxylic acids is 1. The lowest BCUT2D eigenvalue weighted by atomic mass is 9.45. The highest BCUT2D eigenvalue weighted by Gasteiger charge is 2.81. The van der Waals surface area contributed by atoms with Crippen molar-refractivity contribution >= 4 is 17.4 Å². The highest BCUT2D eigenvalue weighted by atomic mass is 35.5. The third kappa shape index (κ3) is 2.12. The minimum Gasteiger partial charge on any atom is -0.391 e. The first kappa shape index (κ1) is 20.8. The summed E-state index contributed by atoms with van der Waals surface area (Å²) in [7, 11) is 0. The second-order valence-corrected chi connectivity index (χ2v) is 11.5. The van der Waals surface area contributed by atoms with Gasteiger partial charge in [0.1, 0.15) is 12.2 Å². The number of aliphatic hydroxyl groups is 1. The van der Waals surface area contributed by atoms with Crippen molar-refractivity contribution in [3.63, 3.8) is 0 Å². The highest BCUT2D eigenvalue weighted by molar-refractivity contribution is 6.26. The second-order valence-electron chi connectivity index (χ2n) is 10.9. The van der Waals surface area contributed by atoms with Gasteiger partial charge in [-0.3, -0.25) is 4.79 Å². The Morgan fingerprint density at radius 1 is 1.16 bits per heavy atom. The van der Waals surface area contributed by atoms with Crippen LogP contribution in [0, 0.1) is 28.6 Å². The van der Waals surface area contributed by atoms with Gasteiger partial charge in [0.25, 0.3) is 0 Å². The van der Waals surface area contributed by atoms with Gasteiger partial charge < -0.3 is 24.1 Å². The Labute approximate surface area is 187 Å². The lowest BCUT2D eigenvalue weighted by Crippen LogP contribution is -2.71. The molecule has 0 aromatic heterocycles. The summed E-state index contributed by atoms with van der Waals surface area (Å²) >= 11 is 7.53. The van der Waals surface area contributed by atoms with Gasteiger partial charge in [-0.15, -0.1) is 11.6 Å². The third-order valence-electron chi connectivity index (χ3n) is 9.99. The van der Waals surface area contributed by atoms with E-state index < -0.39 is 27.8 Å². The van der Waals surface area contributed by atoms with Crippen LogP contribution < -0.4 is 0 Å². The van der Waals surface area contributed by atoms with Crippen molar-refractivity contribution in [1.82, 2.24) is 0 Å². The molecule has 2 aliphatic heterocycles. The zero-order valence-corrected chi connectivity index (χ0v) is 19.1. The Balaban J connectivity index is 1.48. The van der Waals surface area contributed by atoms with Crippen molar-refractivity contribution in [2.75, 3.05) is 20.2 Å². The SMILES string of the molecule is C[C@H]1C[C@H]2[C@@H]3CCC4=CC(=O)C=C[C@]4(C)[C@@]3(Cl)[C@@H](O)C[C@]2(C)[C@]12OCOC21COCO1. The minimum absolute atomic E-state index is 0.00611. The number of aliphatic hydroxyl groups excluding tert-OH is 1. The number of fused-ring (bicyclic) bond motifs is 7. The van der Waals surface area contributed by atoms with E-state index >= 15 is 0 Å². The molecule has 7 heteroatoms. The molecule has 6 aliphatic rings. The van der Waals surface area contributed by atoms with Crippen LogP contribution in [-0.4, -0.2) is 53.4 Å². The van der Waals surface area contributed by atoms with Crippen LogP contribution in [0.15, 0.2) is 23.8 Å². The predicted molar refractivity (Wildman–Crippen MR) is 112 cm³/mol. The van der Waals surface area contributed by atoms with E-state index in [1.165, 1.54) is 0 Å². The molecule has 0 aromatic rings. The molecule has 6 nitrogen and oxygen atoms in total. The van der Waals surface area contributed by atoms with Crippen molar-refractivity contribution < 1.29 is 28.8 Å². The van der Waals surface area contributed by atoms with Crippen LogP contribution in [0.3, 0.4) is 0 Å². The standard InChI is InChI=1S/C24H31ClO6/c1-14-8-18-17-5-4-15-9-16(26)6-7-20(15,2)23(17,25)19(27)10-21(18,3)24(14)22(30-13-31-24)11-28-12-29-22/h6-7,9,14,17-19,27H,4-5,8,10-13H2,1-3H3/t14-,17-,18-,19-,20-,21-,22?,23-,24+/m0/s1. The van der Waals surface area contributed by atoms with E-state index in [-0.39, 0.29) is 42.5 Å². The van der Waals surface area contributed by atoms with Gasteiger partial charge in [0.15, 0.2) is 19.4 Å². The molecule has 6 rings (SSSR count). The third-order valence-corrected chi connectivity index (χ3v) is 10.9. The fourth-order valence-corrected chi connectivity index (χ4v) is 9.26. The number of ketones is 1. The average Bonchev–Trinajstić information content (AvgIpc) is 3.40. The van der Waals surface area contributed by atoms with E-state index in [2.05, 4.69) is 20.8 Å². The summed E-state index contributed by atoms with van der Waals surface area (Å²) in [6, 6.07) is 0. The molecule has 0 radical (unpaired) electrons. The highest BCUT2D eigenvalue weighted by Crippen LogP contribution is 2.74. The summed E-state index contributed by atoms with van der Waals surface area (Å²) in [5.41, 5.74) is -0.595. The van der Waals surface area contributed by atoms with E-state index in [0.29, 0.717) is 13.0 Å². The zero-order chi connectivity index (χ0) is 21.9. The molecule has 1 unspecified atom stereocenters. The molecule has 2 spiro atoms. The van der Waals surface area contributed by atoms with Gasteiger partial charge in [0.2, 0.25) is 5.79 Å². The molecule has 1 N–H and O–H groups in total. The van der Waals surface area contributed by atoms with Crippen LogP contribution in [0.1, 0.15) is 46.5 Å². The number of carbonyl (C=O) groups is 1. The van der Waals surface area contributed by atoms with Crippen LogP contribution in [0.2, 0.25) is 0 Å². The summed E-state index contributed by atoms with van der Waals surface area (Å²) in [6.45, 7) is 7.21. The Morgan fingerprint density at radius 2 is 1.94 bits per heavy atom. The molecular formula is C24H31ClO6. The largest absolute Gasteiger partial charge is 0.391 e. The van der Waals surface area contributed by atoms with E-state index in [9.17, 15) is 9.90 Å². The molecule has 0 bridgehead atoms. The number of allylic oxidation sites excluding steroid dienone is 4. The molecule has 2 heterocycles. The fraction of sp³-hybridized carbons (Fsp3) is 0.792. The van der Waals surface area contributed by atoms with Crippen molar-refractivity contribution in [1.29, 1.82) is 0 Å². The normalized spacial score (nSPS) is 57.8. The van der Waals surface area contributed by atoms with E-state index in [0.717, 1.165) is 24.8 Å². The number of alkyl halides is 1. The smallest absolute Gasteiger partial charge is 0.227 e. The Hall–Kier alpha value is -0.760. The lowest BCUT2D eigenvalue weighted by Gasteiger charge is -2.64. The van der Waals surface area contributed by atoms with Crippen molar-refractivity contribution in [3.05, 3.63) is 23.8 Å². The number of hydrogen-bond donors (Lipinski definition) is 1. The van der Waals surface area contributed by atoms with E-state index in [1.807, 2.05) is 6.08 Å². The molecule has 0 amide bonds. The van der Waals surface area contributed by atoms with Gasteiger partial charge in [-0.05, 0) is 55.6 Å². The maximum Gasteiger partial charge on any atom is 0.227 e. The molecule has 4 aliphatic carbocycles. The van der Waals surface area contributed by atoms with Crippen molar-refractivity contribution in [2.24, 2.45) is 28.6 Å². The fourth-order valence-electron chi connectivity index (χ4n) is 8.74. The van der Waals surface area contributed by atoms with E-state index in [4.69, 9.17) is 30.5 Å². The lowest BCUT2D eigenvalue weighted by molar-refractivity contribution is -0.264. The summed E-state index contributed by atoms with van der Waals surface area (Å²) in [5, 5.41) is 11.8. The van der Waals surface area contributed by atoms with Crippen molar-refractivity contribution in [2.45, 2.75) is 68.8 Å². The van der Waals surface area contributed by atoms with Crippen LogP contribution >= 0.6 is 11.6 Å². The number of halogens is 1. The summed E-state index contributed by atoms with van der Waals surface area (Å²) < 4.78 is 24.3. The van der Waals surface area contributed by atoms with Crippen LogP contribution in [0.25, 0.3) is 0 Å². The topological polar surface area (TPSA) is 74.2 Å². The second kappa shape index (κ2) is 6.22. The molecule has 3 saturated carbocycles. The van der Waals surface area contributed by atoms with Crippen LogP contribution in [0.4, 0.5) is 0 Å². The number of ether oxygens (including phenoxy) is 4. The quantitative estimate of drug-likeness (QED) is 0.571. The van der Waals surface area contributed by atoms with E-state index in [1.54, 1.807) is 12.2 Å². The Morgan fingerprint density at radius 3 is 2.68 bits per heavy atom. The van der Waals surface area contributed by atoms with Gasteiger partial charge in [-0.2, -0.15) is 0 Å². The molecule has 5 fully saturated rings.